The van der Waals surface area contributed by atoms with Crippen molar-refractivity contribution in [3.63, 3.8) is 0 Å². The summed E-state index contributed by atoms with van der Waals surface area (Å²) in [5, 5.41) is 11.8. The van der Waals surface area contributed by atoms with Crippen molar-refractivity contribution in [3.8, 4) is 11.8 Å². The number of anilines is 1. The van der Waals surface area contributed by atoms with Crippen LogP contribution in [0, 0.1) is 11.3 Å². The van der Waals surface area contributed by atoms with E-state index in [0.717, 1.165) is 17.5 Å². The maximum absolute atomic E-state index is 11.7. The second kappa shape index (κ2) is 8.60. The highest BCUT2D eigenvalue weighted by molar-refractivity contribution is 7.99. The van der Waals surface area contributed by atoms with Gasteiger partial charge in [-0.1, -0.05) is 30.0 Å². The number of nitrogens with two attached hydrogens (primary N) is 1. The first-order chi connectivity index (χ1) is 11.2. The van der Waals surface area contributed by atoms with Crippen molar-refractivity contribution in [2.24, 2.45) is 0 Å². The fraction of sp³-hybridized carbons (Fsp3) is 0.200. The van der Waals surface area contributed by atoms with Gasteiger partial charge < -0.3 is 15.8 Å². The lowest BCUT2D eigenvalue weighted by Gasteiger charge is -2.07. The summed E-state index contributed by atoms with van der Waals surface area (Å²) < 4.78 is 5.47. The molecule has 1 amide bonds. The Balaban J connectivity index is 1.67. The minimum absolute atomic E-state index is 0.113. The predicted molar refractivity (Wildman–Crippen MR) is 86.8 cm³/mol. The van der Waals surface area contributed by atoms with Crippen molar-refractivity contribution in [2.45, 2.75) is 5.16 Å². The number of thioether (sulfide) groups is 1. The zero-order valence-corrected chi connectivity index (χ0v) is 13.0. The van der Waals surface area contributed by atoms with Gasteiger partial charge in [-0.15, -0.1) is 0 Å². The fourth-order valence-electron chi connectivity index (χ4n) is 1.59. The number of rotatable bonds is 7. The Labute approximate surface area is 137 Å². The van der Waals surface area contributed by atoms with Gasteiger partial charge >= 0.3 is 0 Å². The molecule has 0 saturated carbocycles. The third kappa shape index (κ3) is 5.48. The van der Waals surface area contributed by atoms with E-state index in [2.05, 4.69) is 15.3 Å². The Morgan fingerprint density at radius 3 is 2.87 bits per heavy atom. The number of aromatic nitrogens is 2. The minimum Gasteiger partial charge on any atom is -0.492 e. The quantitative estimate of drug-likeness (QED) is 0.446. The van der Waals surface area contributed by atoms with Crippen LogP contribution in [-0.2, 0) is 4.79 Å². The molecule has 7 nitrogen and oxygen atoms in total. The molecular formula is C15H15N5O2S. The highest BCUT2D eigenvalue weighted by Gasteiger charge is 2.07. The maximum atomic E-state index is 11.7. The third-order valence-corrected chi connectivity index (χ3v) is 3.55. The molecule has 118 valence electrons. The lowest BCUT2D eigenvalue weighted by atomic mass is 10.3. The molecule has 0 bridgehead atoms. The highest BCUT2D eigenvalue weighted by Crippen LogP contribution is 2.15. The molecule has 0 unspecified atom stereocenters. The van der Waals surface area contributed by atoms with Gasteiger partial charge in [0.25, 0.3) is 0 Å². The van der Waals surface area contributed by atoms with E-state index in [-0.39, 0.29) is 23.0 Å². The molecule has 2 aromatic rings. The summed E-state index contributed by atoms with van der Waals surface area (Å²) in [7, 11) is 0. The molecule has 0 aliphatic carbocycles. The Kier molecular flexibility index (Phi) is 6.20. The molecule has 0 radical (unpaired) electrons. The van der Waals surface area contributed by atoms with E-state index in [1.54, 1.807) is 0 Å². The van der Waals surface area contributed by atoms with Crippen LogP contribution in [0.3, 0.4) is 0 Å². The van der Waals surface area contributed by atoms with Gasteiger partial charge in [-0.3, -0.25) is 4.79 Å². The van der Waals surface area contributed by atoms with Gasteiger partial charge in [0.15, 0.2) is 5.16 Å². The standard InChI is InChI=1S/C15H15N5O2S/c16-8-11-9-19-15(20-14(11)17)23-10-13(21)18-6-7-22-12-4-2-1-3-5-12/h1-5,9H,6-7,10H2,(H,18,21)(H2,17,19,20). The Hall–Kier alpha value is -2.79. The number of amides is 1. The monoisotopic (exact) mass is 329 g/mol. The molecule has 0 spiro atoms. The van der Waals surface area contributed by atoms with Crippen LogP contribution in [0.2, 0.25) is 0 Å². The lowest BCUT2D eigenvalue weighted by Crippen LogP contribution is -2.29. The number of benzene rings is 1. The summed E-state index contributed by atoms with van der Waals surface area (Å²) in [5.74, 6) is 0.883. The van der Waals surface area contributed by atoms with Crippen LogP contribution in [-0.4, -0.2) is 34.8 Å². The maximum Gasteiger partial charge on any atom is 0.230 e. The van der Waals surface area contributed by atoms with Gasteiger partial charge in [0.05, 0.1) is 18.5 Å². The van der Waals surface area contributed by atoms with Crippen molar-refractivity contribution in [1.29, 1.82) is 5.26 Å². The van der Waals surface area contributed by atoms with E-state index in [1.807, 2.05) is 36.4 Å². The normalized spacial score (nSPS) is 9.87. The summed E-state index contributed by atoms with van der Waals surface area (Å²) >= 11 is 1.15. The summed E-state index contributed by atoms with van der Waals surface area (Å²) in [6, 6.07) is 11.3. The molecule has 0 fully saturated rings. The zero-order valence-electron chi connectivity index (χ0n) is 12.2. The SMILES string of the molecule is N#Cc1cnc(SCC(=O)NCCOc2ccccc2)nc1N. The molecule has 1 aromatic carbocycles. The highest BCUT2D eigenvalue weighted by atomic mass is 32.2. The van der Waals surface area contributed by atoms with Gasteiger partial charge in [-0.25, -0.2) is 9.97 Å². The van der Waals surface area contributed by atoms with Crippen LogP contribution in [0.4, 0.5) is 5.82 Å². The first-order valence-electron chi connectivity index (χ1n) is 6.79. The molecule has 0 saturated heterocycles. The Bertz CT molecular complexity index is 703. The number of nitrogens with one attached hydrogen (secondary N) is 1. The molecule has 8 heteroatoms. The van der Waals surface area contributed by atoms with Crippen LogP contribution in [0.5, 0.6) is 5.75 Å². The van der Waals surface area contributed by atoms with E-state index in [0.29, 0.717) is 18.3 Å². The first-order valence-corrected chi connectivity index (χ1v) is 7.77. The summed E-state index contributed by atoms with van der Waals surface area (Å²) in [6.45, 7) is 0.797. The van der Waals surface area contributed by atoms with Gasteiger partial charge in [0.1, 0.15) is 29.8 Å². The number of nitrogen functional groups attached to an aromatic ring is 1. The van der Waals surface area contributed by atoms with E-state index < -0.39 is 0 Å². The zero-order chi connectivity index (χ0) is 16.5. The topological polar surface area (TPSA) is 114 Å². The van der Waals surface area contributed by atoms with E-state index in [9.17, 15) is 4.79 Å². The van der Waals surface area contributed by atoms with Gasteiger partial charge in [-0.05, 0) is 12.1 Å². The molecule has 1 heterocycles. The molecule has 0 aliphatic heterocycles. The van der Waals surface area contributed by atoms with E-state index in [4.69, 9.17) is 15.7 Å². The van der Waals surface area contributed by atoms with Gasteiger partial charge in [0, 0.05) is 0 Å². The van der Waals surface area contributed by atoms with Crippen LogP contribution in [0.25, 0.3) is 0 Å². The van der Waals surface area contributed by atoms with Crippen molar-refractivity contribution in [3.05, 3.63) is 42.1 Å². The Morgan fingerprint density at radius 1 is 1.39 bits per heavy atom. The first kappa shape index (κ1) is 16.6. The molecule has 0 aliphatic rings. The lowest BCUT2D eigenvalue weighted by molar-refractivity contribution is -0.118. The number of ether oxygens (including phenoxy) is 1. The number of para-hydroxylation sites is 1. The van der Waals surface area contributed by atoms with Crippen LogP contribution in [0.15, 0.2) is 41.7 Å². The van der Waals surface area contributed by atoms with Gasteiger partial charge in [-0.2, -0.15) is 5.26 Å². The van der Waals surface area contributed by atoms with Crippen molar-refractivity contribution in [1.82, 2.24) is 15.3 Å². The average molecular weight is 329 g/mol. The Morgan fingerprint density at radius 2 is 2.17 bits per heavy atom. The van der Waals surface area contributed by atoms with Gasteiger partial charge in [0.2, 0.25) is 5.91 Å². The third-order valence-electron chi connectivity index (χ3n) is 2.69. The molecule has 23 heavy (non-hydrogen) atoms. The summed E-state index contributed by atoms with van der Waals surface area (Å²) in [6.07, 6.45) is 1.34. The van der Waals surface area contributed by atoms with Crippen LogP contribution >= 0.6 is 11.8 Å². The van der Waals surface area contributed by atoms with Crippen LogP contribution < -0.4 is 15.8 Å². The van der Waals surface area contributed by atoms with E-state index in [1.165, 1.54) is 6.20 Å². The number of nitriles is 1. The second-order valence-corrected chi connectivity index (χ2v) is 5.31. The largest absolute Gasteiger partial charge is 0.492 e. The molecule has 2 rings (SSSR count). The molecule has 1 aromatic heterocycles. The fourth-order valence-corrected chi connectivity index (χ4v) is 2.24. The second-order valence-electron chi connectivity index (χ2n) is 4.36. The van der Waals surface area contributed by atoms with Crippen molar-refractivity contribution >= 4 is 23.5 Å². The number of nitrogens with zero attached hydrogens (tertiary/aromatic N) is 3. The minimum atomic E-state index is -0.154. The molecule has 0 atom stereocenters. The smallest absolute Gasteiger partial charge is 0.230 e. The molecular weight excluding hydrogens is 314 g/mol. The number of hydrogen-bond acceptors (Lipinski definition) is 7. The number of carbonyl (C=O) groups excluding carboxylic acids is 1. The number of hydrogen-bond donors (Lipinski definition) is 2. The van der Waals surface area contributed by atoms with Crippen LogP contribution in [0.1, 0.15) is 5.56 Å². The summed E-state index contributed by atoms with van der Waals surface area (Å²) in [5.41, 5.74) is 5.81. The van der Waals surface area contributed by atoms with Crippen molar-refractivity contribution in [2.75, 3.05) is 24.6 Å². The van der Waals surface area contributed by atoms with E-state index >= 15 is 0 Å². The predicted octanol–water partition coefficient (Wildman–Crippen LogP) is 1.22. The molecule has 3 N–H and O–H groups in total. The summed E-state index contributed by atoms with van der Waals surface area (Å²) in [4.78, 5) is 19.6. The number of carbonyl (C=O) groups is 1. The van der Waals surface area contributed by atoms with Crippen molar-refractivity contribution < 1.29 is 9.53 Å². The average Bonchev–Trinajstić information content (AvgIpc) is 2.58.